The number of hydrogen-bond donors (Lipinski definition) is 1. The van der Waals surface area contributed by atoms with Gasteiger partial charge in [0.2, 0.25) is 0 Å². The van der Waals surface area contributed by atoms with Crippen LogP contribution in [0.1, 0.15) is 105 Å². The number of benzene rings is 2. The van der Waals surface area contributed by atoms with E-state index in [-0.39, 0.29) is 21.7 Å². The Hall–Kier alpha value is -1.74. The highest BCUT2D eigenvalue weighted by Gasteiger charge is 2.28. The van der Waals surface area contributed by atoms with Crippen LogP contribution in [0.15, 0.2) is 32.7 Å². The van der Waals surface area contributed by atoms with Crippen molar-refractivity contribution in [2.24, 2.45) is 5.73 Å². The first-order valence-corrected chi connectivity index (χ1v) is 13.8. The zero-order chi connectivity index (χ0) is 26.6. The Morgan fingerprint density at radius 3 is 1.29 bits per heavy atom. The summed E-state index contributed by atoms with van der Waals surface area (Å²) in [5, 5.41) is 2.16. The standard InChI is InChI=1S/C30H46NO3P/c1-27(2,3)19-15-21-22-16-20(28(4,5)6)18-24(30(10,11)12)26(22)34-35(32-14-13-31)33-25(21)23(17-19)29(7,8)9/h15-18H,13-14,31H2,1-12H3. The fourth-order valence-corrected chi connectivity index (χ4v) is 5.27. The first-order chi connectivity index (χ1) is 15.8. The Balaban J connectivity index is 2.72. The molecule has 0 radical (unpaired) electrons. The summed E-state index contributed by atoms with van der Waals surface area (Å²) in [4.78, 5) is 0. The summed E-state index contributed by atoms with van der Waals surface area (Å²) >= 11 is 0. The highest BCUT2D eigenvalue weighted by atomic mass is 31.1. The molecular formula is C30H46NO3P. The quantitative estimate of drug-likeness (QED) is 0.391. The van der Waals surface area contributed by atoms with Gasteiger partial charge in [-0.25, -0.2) is 0 Å². The lowest BCUT2D eigenvalue weighted by molar-refractivity contribution is 0.380. The number of hydrogen-bond acceptors (Lipinski definition) is 4. The normalized spacial score (nSPS) is 13.6. The van der Waals surface area contributed by atoms with Gasteiger partial charge in [-0.05, 0) is 44.9 Å². The summed E-state index contributed by atoms with van der Waals surface area (Å²) in [5.74, 6) is 0. The molecule has 0 aliphatic heterocycles. The molecule has 0 bridgehead atoms. The number of fused-ring (bicyclic) bond motifs is 3. The van der Waals surface area contributed by atoms with Crippen LogP contribution in [-0.4, -0.2) is 13.2 Å². The minimum absolute atomic E-state index is 0.0162. The summed E-state index contributed by atoms with van der Waals surface area (Å²) in [6.07, 6.45) is 0. The van der Waals surface area contributed by atoms with Gasteiger partial charge in [-0.15, -0.1) is 0 Å². The summed E-state index contributed by atoms with van der Waals surface area (Å²) in [6.45, 7) is 27.8. The van der Waals surface area contributed by atoms with Crippen molar-refractivity contribution in [1.29, 1.82) is 0 Å². The average Bonchev–Trinajstić information content (AvgIpc) is 2.84. The van der Waals surface area contributed by atoms with Crippen LogP contribution < -0.4 is 10.3 Å². The SMILES string of the molecule is CC(C)(C)c1cc(C(C)(C)C)c2op(OCCN)oc3c(C(C)(C)C)cc(C(C)(C)C)cc3c2c1. The average molecular weight is 500 g/mol. The van der Waals surface area contributed by atoms with Crippen LogP contribution in [0.5, 0.6) is 0 Å². The first-order valence-electron chi connectivity index (χ1n) is 12.7. The molecule has 0 atom stereocenters. The second-order valence-corrected chi connectivity index (χ2v) is 14.9. The zero-order valence-corrected chi connectivity index (χ0v) is 24.9. The van der Waals surface area contributed by atoms with Crippen LogP contribution >= 0.6 is 8.24 Å². The lowest BCUT2D eigenvalue weighted by Gasteiger charge is -2.27. The third-order valence-corrected chi connectivity index (χ3v) is 7.52. The van der Waals surface area contributed by atoms with Crippen LogP contribution in [0.2, 0.25) is 0 Å². The van der Waals surface area contributed by atoms with E-state index in [9.17, 15) is 0 Å². The van der Waals surface area contributed by atoms with Gasteiger partial charge in [0.05, 0.1) is 6.61 Å². The molecule has 1 aromatic heterocycles. The van der Waals surface area contributed by atoms with Crippen molar-refractivity contribution in [1.82, 2.24) is 0 Å². The van der Waals surface area contributed by atoms with E-state index >= 15 is 0 Å². The van der Waals surface area contributed by atoms with Gasteiger partial charge in [-0.1, -0.05) is 95.2 Å². The molecule has 0 fully saturated rings. The van der Waals surface area contributed by atoms with E-state index in [0.29, 0.717) is 13.2 Å². The van der Waals surface area contributed by atoms with Gasteiger partial charge in [0.1, 0.15) is 11.2 Å². The molecule has 0 unspecified atom stereocenters. The van der Waals surface area contributed by atoms with Gasteiger partial charge in [-0.3, -0.25) is 4.52 Å². The van der Waals surface area contributed by atoms with E-state index in [1.165, 1.54) is 22.3 Å². The maximum absolute atomic E-state index is 6.62. The lowest BCUT2D eigenvalue weighted by Crippen LogP contribution is -2.17. The molecule has 4 nitrogen and oxygen atoms in total. The molecule has 0 aliphatic carbocycles. The zero-order valence-electron chi connectivity index (χ0n) is 24.0. The third-order valence-electron chi connectivity index (χ3n) is 6.46. The molecule has 0 aliphatic rings. The van der Waals surface area contributed by atoms with Crippen molar-refractivity contribution in [2.75, 3.05) is 13.2 Å². The molecule has 194 valence electrons. The van der Waals surface area contributed by atoms with Crippen LogP contribution in [-0.2, 0) is 21.7 Å². The maximum atomic E-state index is 6.62. The third kappa shape index (κ3) is 5.98. The minimum Gasteiger partial charge on any atom is -0.399 e. The van der Waals surface area contributed by atoms with Gasteiger partial charge in [0.25, 0.3) is 0 Å². The fourth-order valence-electron chi connectivity index (χ4n) is 4.18. The van der Waals surface area contributed by atoms with Gasteiger partial charge in [0.15, 0.2) is 0 Å². The molecule has 2 N–H and O–H groups in total. The summed E-state index contributed by atoms with van der Waals surface area (Å²) in [7, 11) is -1.66. The predicted molar refractivity (Wildman–Crippen MR) is 152 cm³/mol. The van der Waals surface area contributed by atoms with E-state index in [0.717, 1.165) is 21.9 Å². The highest BCUT2D eigenvalue weighted by molar-refractivity contribution is 7.31. The second-order valence-electron chi connectivity index (χ2n) is 13.8. The van der Waals surface area contributed by atoms with Crippen LogP contribution in [0.25, 0.3) is 21.9 Å². The van der Waals surface area contributed by atoms with E-state index in [2.05, 4.69) is 107 Å². The molecule has 3 aromatic rings. The molecule has 5 heteroatoms. The molecule has 35 heavy (non-hydrogen) atoms. The molecule has 0 saturated carbocycles. The predicted octanol–water partition coefficient (Wildman–Crippen LogP) is 8.87. The van der Waals surface area contributed by atoms with Gasteiger partial charge >= 0.3 is 8.24 Å². The lowest BCUT2D eigenvalue weighted by atomic mass is 9.77. The van der Waals surface area contributed by atoms with Gasteiger partial charge in [-0.2, -0.15) is 0 Å². The van der Waals surface area contributed by atoms with Crippen molar-refractivity contribution in [2.45, 2.75) is 105 Å². The first kappa shape index (κ1) is 27.8. The van der Waals surface area contributed by atoms with Crippen molar-refractivity contribution >= 4 is 30.2 Å². The van der Waals surface area contributed by atoms with E-state index in [1.54, 1.807) is 0 Å². The maximum Gasteiger partial charge on any atom is 0.387 e. The van der Waals surface area contributed by atoms with E-state index in [1.807, 2.05) is 0 Å². The topological polar surface area (TPSA) is 61.5 Å². The van der Waals surface area contributed by atoms with Crippen molar-refractivity contribution in [3.8, 4) is 0 Å². The van der Waals surface area contributed by atoms with E-state index in [4.69, 9.17) is 18.7 Å². The van der Waals surface area contributed by atoms with Crippen LogP contribution in [0.4, 0.5) is 0 Å². The molecule has 0 saturated heterocycles. The van der Waals surface area contributed by atoms with Gasteiger partial charge in [0, 0.05) is 28.4 Å². The Kier molecular flexibility index (Phi) is 7.39. The Morgan fingerprint density at radius 2 is 1.00 bits per heavy atom. The van der Waals surface area contributed by atoms with Gasteiger partial charge < -0.3 is 14.1 Å². The number of rotatable bonds is 3. The summed E-state index contributed by atoms with van der Waals surface area (Å²) in [5.41, 5.74) is 12.1. The monoisotopic (exact) mass is 499 g/mol. The van der Waals surface area contributed by atoms with Crippen LogP contribution in [0, 0.1) is 0 Å². The Labute approximate surface area is 213 Å². The number of nitrogens with two attached hydrogens (primary N) is 1. The molecule has 2 aromatic carbocycles. The second kappa shape index (κ2) is 9.29. The highest BCUT2D eigenvalue weighted by Crippen LogP contribution is 2.44. The van der Waals surface area contributed by atoms with Crippen molar-refractivity contribution in [3.63, 3.8) is 0 Å². The summed E-state index contributed by atoms with van der Waals surface area (Å²) in [6, 6.07) is 9.21. The summed E-state index contributed by atoms with van der Waals surface area (Å²) < 4.78 is 19.3. The van der Waals surface area contributed by atoms with Crippen LogP contribution in [0.3, 0.4) is 0 Å². The minimum atomic E-state index is -1.66. The molecule has 1 heterocycles. The largest absolute Gasteiger partial charge is 0.399 e. The van der Waals surface area contributed by atoms with Crippen molar-refractivity contribution < 1.29 is 12.9 Å². The van der Waals surface area contributed by atoms with Crippen molar-refractivity contribution in [3.05, 3.63) is 46.5 Å². The molecule has 0 amide bonds. The Bertz CT molecular complexity index is 1170. The molecular weight excluding hydrogens is 453 g/mol. The van der Waals surface area contributed by atoms with E-state index < -0.39 is 8.24 Å². The fraction of sp³-hybridized carbons (Fsp3) is 0.600. The molecule has 3 rings (SSSR count). The molecule has 0 spiro atoms. The smallest absolute Gasteiger partial charge is 0.387 e. The Morgan fingerprint density at radius 1 is 0.629 bits per heavy atom.